The van der Waals surface area contributed by atoms with Gasteiger partial charge in [-0.25, -0.2) is 4.79 Å². The van der Waals surface area contributed by atoms with Crippen LogP contribution in [0.5, 0.6) is 0 Å². The molecule has 2 rings (SSSR count). The number of carbonyl (C=O) groups excluding carboxylic acids is 1. The summed E-state index contributed by atoms with van der Waals surface area (Å²) in [5.74, 6) is 0.603. The van der Waals surface area contributed by atoms with Crippen LogP contribution in [-0.4, -0.2) is 35.7 Å². The fourth-order valence-electron chi connectivity index (χ4n) is 2.47. The molecule has 0 bridgehead atoms. The van der Waals surface area contributed by atoms with Crippen LogP contribution in [0.2, 0.25) is 0 Å². The summed E-state index contributed by atoms with van der Waals surface area (Å²) < 4.78 is 0. The minimum absolute atomic E-state index is 0.0657. The number of likely N-dealkylation sites (tertiary alicyclic amines) is 1. The maximum Gasteiger partial charge on any atom is 0.321 e. The van der Waals surface area contributed by atoms with E-state index in [1.54, 1.807) is 4.90 Å². The predicted molar refractivity (Wildman–Crippen MR) is 76.3 cm³/mol. The van der Waals surface area contributed by atoms with Gasteiger partial charge >= 0.3 is 6.03 Å². The molecule has 104 valence electrons. The number of hydrogen-bond acceptors (Lipinski definition) is 2. The predicted octanol–water partition coefficient (Wildman–Crippen LogP) is 2.66. The van der Waals surface area contributed by atoms with E-state index in [9.17, 15) is 4.79 Å². The van der Waals surface area contributed by atoms with E-state index in [1.807, 2.05) is 24.3 Å². The van der Waals surface area contributed by atoms with Crippen LogP contribution >= 0.6 is 0 Å². The zero-order valence-electron chi connectivity index (χ0n) is 11.6. The Morgan fingerprint density at radius 3 is 2.84 bits per heavy atom. The highest BCUT2D eigenvalue weighted by Crippen LogP contribution is 2.24. The minimum Gasteiger partial charge on any atom is -0.396 e. The maximum absolute atomic E-state index is 12.2. The van der Waals surface area contributed by atoms with E-state index in [0.717, 1.165) is 24.2 Å². The molecule has 1 heterocycles. The van der Waals surface area contributed by atoms with Gasteiger partial charge in [-0.3, -0.25) is 0 Å². The molecule has 2 N–H and O–H groups in total. The Kier molecular flexibility index (Phi) is 4.43. The number of amides is 2. The average Bonchev–Trinajstić information content (AvgIpc) is 2.88. The molecule has 19 heavy (non-hydrogen) atoms. The van der Waals surface area contributed by atoms with Crippen LogP contribution in [0.1, 0.15) is 31.7 Å². The molecule has 2 amide bonds. The number of hydrogen-bond donors (Lipinski definition) is 2. The molecule has 1 fully saturated rings. The molecular weight excluding hydrogens is 240 g/mol. The number of urea groups is 1. The van der Waals surface area contributed by atoms with Crippen LogP contribution in [0.15, 0.2) is 24.3 Å². The van der Waals surface area contributed by atoms with Crippen molar-refractivity contribution in [2.75, 3.05) is 25.0 Å². The summed E-state index contributed by atoms with van der Waals surface area (Å²) in [5, 5.41) is 12.1. The molecule has 1 atom stereocenters. The Morgan fingerprint density at radius 1 is 1.47 bits per heavy atom. The molecule has 0 spiro atoms. The molecule has 0 aliphatic carbocycles. The molecule has 0 radical (unpaired) electrons. The third kappa shape index (κ3) is 3.26. The van der Waals surface area contributed by atoms with E-state index < -0.39 is 0 Å². The van der Waals surface area contributed by atoms with Gasteiger partial charge < -0.3 is 15.3 Å². The number of rotatable bonds is 3. The molecular formula is C15H22N2O2. The Labute approximate surface area is 114 Å². The van der Waals surface area contributed by atoms with Crippen LogP contribution < -0.4 is 5.32 Å². The summed E-state index contributed by atoms with van der Waals surface area (Å²) in [4.78, 5) is 14.0. The summed E-state index contributed by atoms with van der Waals surface area (Å²) >= 11 is 0. The summed E-state index contributed by atoms with van der Waals surface area (Å²) in [7, 11) is 0. The smallest absolute Gasteiger partial charge is 0.321 e. The SMILES string of the molecule is CC(C)c1ccccc1NC(=O)N1CCC(CO)C1. The van der Waals surface area contributed by atoms with Gasteiger partial charge in [0.25, 0.3) is 0 Å². The van der Waals surface area contributed by atoms with Gasteiger partial charge in [0.1, 0.15) is 0 Å². The second-order valence-corrected chi connectivity index (χ2v) is 5.46. The number of anilines is 1. The third-order valence-electron chi connectivity index (χ3n) is 3.66. The van der Waals surface area contributed by atoms with Gasteiger partial charge in [0.05, 0.1) is 0 Å². The summed E-state index contributed by atoms with van der Waals surface area (Å²) in [6, 6.07) is 7.84. The number of aliphatic hydroxyl groups is 1. The number of aliphatic hydroxyl groups excluding tert-OH is 1. The van der Waals surface area contributed by atoms with E-state index >= 15 is 0 Å². The van der Waals surface area contributed by atoms with Crippen molar-refractivity contribution in [3.05, 3.63) is 29.8 Å². The third-order valence-corrected chi connectivity index (χ3v) is 3.66. The molecule has 1 aliphatic heterocycles. The van der Waals surface area contributed by atoms with Crippen molar-refractivity contribution in [3.8, 4) is 0 Å². The van der Waals surface area contributed by atoms with Gasteiger partial charge in [0, 0.05) is 31.3 Å². The normalized spacial score (nSPS) is 18.9. The molecule has 4 heteroatoms. The first-order valence-corrected chi connectivity index (χ1v) is 6.87. The first-order valence-electron chi connectivity index (χ1n) is 6.87. The molecule has 1 aromatic rings. The highest BCUT2D eigenvalue weighted by atomic mass is 16.3. The van der Waals surface area contributed by atoms with Crippen LogP contribution in [0.3, 0.4) is 0 Å². The van der Waals surface area contributed by atoms with E-state index in [2.05, 4.69) is 19.2 Å². The Hall–Kier alpha value is -1.55. The van der Waals surface area contributed by atoms with Gasteiger partial charge in [0.2, 0.25) is 0 Å². The number of carbonyl (C=O) groups is 1. The Morgan fingerprint density at radius 2 is 2.21 bits per heavy atom. The lowest BCUT2D eigenvalue weighted by molar-refractivity contribution is 0.208. The summed E-state index contributed by atoms with van der Waals surface area (Å²) in [5.41, 5.74) is 2.03. The molecule has 4 nitrogen and oxygen atoms in total. The fourth-order valence-corrected chi connectivity index (χ4v) is 2.47. The molecule has 1 aliphatic rings. The first-order chi connectivity index (χ1) is 9.11. The van der Waals surface area contributed by atoms with Crippen molar-refractivity contribution in [2.24, 2.45) is 5.92 Å². The lowest BCUT2D eigenvalue weighted by Gasteiger charge is -2.19. The molecule has 1 aromatic carbocycles. The van der Waals surface area contributed by atoms with E-state index in [4.69, 9.17) is 5.11 Å². The Bertz CT molecular complexity index is 446. The molecule has 1 saturated heterocycles. The number of nitrogens with zero attached hydrogens (tertiary/aromatic N) is 1. The largest absolute Gasteiger partial charge is 0.396 e. The summed E-state index contributed by atoms with van der Waals surface area (Å²) in [6.07, 6.45) is 0.885. The van der Waals surface area contributed by atoms with Crippen molar-refractivity contribution in [3.63, 3.8) is 0 Å². The quantitative estimate of drug-likeness (QED) is 0.880. The highest BCUT2D eigenvalue weighted by molar-refractivity contribution is 5.90. The number of benzene rings is 1. The number of nitrogens with one attached hydrogen (secondary N) is 1. The van der Waals surface area contributed by atoms with Gasteiger partial charge in [-0.1, -0.05) is 32.0 Å². The van der Waals surface area contributed by atoms with E-state index in [1.165, 1.54) is 0 Å². The maximum atomic E-state index is 12.2. The van der Waals surface area contributed by atoms with Gasteiger partial charge in [0.15, 0.2) is 0 Å². The van der Waals surface area contributed by atoms with Crippen molar-refractivity contribution >= 4 is 11.7 Å². The monoisotopic (exact) mass is 262 g/mol. The lowest BCUT2D eigenvalue weighted by Crippen LogP contribution is -2.33. The van der Waals surface area contributed by atoms with Crippen molar-refractivity contribution in [1.29, 1.82) is 0 Å². The van der Waals surface area contributed by atoms with Gasteiger partial charge in [-0.15, -0.1) is 0 Å². The average molecular weight is 262 g/mol. The fraction of sp³-hybridized carbons (Fsp3) is 0.533. The zero-order chi connectivity index (χ0) is 13.8. The molecule has 0 aromatic heterocycles. The van der Waals surface area contributed by atoms with Crippen LogP contribution in [0.4, 0.5) is 10.5 Å². The van der Waals surface area contributed by atoms with Crippen LogP contribution in [0.25, 0.3) is 0 Å². The van der Waals surface area contributed by atoms with Gasteiger partial charge in [-0.2, -0.15) is 0 Å². The van der Waals surface area contributed by atoms with Crippen molar-refractivity contribution < 1.29 is 9.90 Å². The van der Waals surface area contributed by atoms with Crippen LogP contribution in [0, 0.1) is 5.92 Å². The first kappa shape index (κ1) is 13.9. The molecule has 0 saturated carbocycles. The highest BCUT2D eigenvalue weighted by Gasteiger charge is 2.25. The van der Waals surface area contributed by atoms with E-state index in [0.29, 0.717) is 12.5 Å². The number of para-hydroxylation sites is 1. The van der Waals surface area contributed by atoms with Crippen molar-refractivity contribution in [1.82, 2.24) is 4.90 Å². The standard InChI is InChI=1S/C15H22N2O2/c1-11(2)13-5-3-4-6-14(13)16-15(19)17-8-7-12(9-17)10-18/h3-6,11-12,18H,7-10H2,1-2H3,(H,16,19). The lowest BCUT2D eigenvalue weighted by atomic mass is 10.0. The summed E-state index contributed by atoms with van der Waals surface area (Å²) in [6.45, 7) is 5.75. The topological polar surface area (TPSA) is 52.6 Å². The molecule has 1 unspecified atom stereocenters. The van der Waals surface area contributed by atoms with Crippen molar-refractivity contribution in [2.45, 2.75) is 26.2 Å². The van der Waals surface area contributed by atoms with Crippen LogP contribution in [-0.2, 0) is 0 Å². The zero-order valence-corrected chi connectivity index (χ0v) is 11.6. The second-order valence-electron chi connectivity index (χ2n) is 5.46. The van der Waals surface area contributed by atoms with Gasteiger partial charge in [-0.05, 0) is 24.0 Å². The minimum atomic E-state index is -0.0657. The van der Waals surface area contributed by atoms with E-state index in [-0.39, 0.29) is 18.6 Å². The second kappa shape index (κ2) is 6.06. The Balaban J connectivity index is 2.03.